The number of allylic oxidation sites excluding steroid dienone is 1. The van der Waals surface area contributed by atoms with Crippen molar-refractivity contribution in [3.8, 4) is 0 Å². The van der Waals surface area contributed by atoms with Gasteiger partial charge in [-0.2, -0.15) is 0 Å². The highest BCUT2D eigenvalue weighted by Crippen LogP contribution is 2.19. The van der Waals surface area contributed by atoms with E-state index >= 15 is 0 Å². The van der Waals surface area contributed by atoms with Gasteiger partial charge in [0.25, 0.3) is 5.91 Å². The van der Waals surface area contributed by atoms with Crippen molar-refractivity contribution in [1.29, 1.82) is 0 Å². The molecule has 0 atom stereocenters. The van der Waals surface area contributed by atoms with E-state index in [-0.39, 0.29) is 23.9 Å². The van der Waals surface area contributed by atoms with Crippen molar-refractivity contribution < 1.29 is 9.59 Å². The summed E-state index contributed by atoms with van der Waals surface area (Å²) in [6, 6.07) is 7.20. The van der Waals surface area contributed by atoms with Gasteiger partial charge in [0.05, 0.1) is 6.54 Å². The summed E-state index contributed by atoms with van der Waals surface area (Å²) in [6.07, 6.45) is 8.13. The number of carbonyl (C=O) groups excluding carboxylic acids is 2. The second-order valence-corrected chi connectivity index (χ2v) is 7.85. The summed E-state index contributed by atoms with van der Waals surface area (Å²) >= 11 is 0. The highest BCUT2D eigenvalue weighted by atomic mass is 16.2. The molecule has 142 valence electrons. The topological polar surface area (TPSA) is 70.2 Å². The van der Waals surface area contributed by atoms with E-state index in [1.807, 2.05) is 32.9 Å². The summed E-state index contributed by atoms with van der Waals surface area (Å²) in [6.45, 7) is 6.71. The van der Waals surface area contributed by atoms with Crippen LogP contribution in [-0.4, -0.2) is 30.4 Å². The van der Waals surface area contributed by atoms with E-state index in [1.165, 1.54) is 24.8 Å². The molecule has 1 aliphatic carbocycles. The summed E-state index contributed by atoms with van der Waals surface area (Å²) < 4.78 is 0. The zero-order valence-electron chi connectivity index (χ0n) is 16.2. The van der Waals surface area contributed by atoms with Crippen molar-refractivity contribution in [3.05, 3.63) is 41.5 Å². The van der Waals surface area contributed by atoms with Gasteiger partial charge >= 0.3 is 0 Å². The first-order valence-electron chi connectivity index (χ1n) is 9.44. The van der Waals surface area contributed by atoms with Crippen molar-refractivity contribution in [2.24, 2.45) is 0 Å². The third kappa shape index (κ3) is 7.30. The van der Waals surface area contributed by atoms with E-state index < -0.39 is 0 Å². The van der Waals surface area contributed by atoms with Crippen LogP contribution in [0.5, 0.6) is 0 Å². The minimum atomic E-state index is -0.284. The maximum atomic E-state index is 12.2. The number of hydrogen-bond donors (Lipinski definition) is 3. The standard InChI is InChI=1S/C21H31N3O2/c1-21(2,3)24-20(26)17-10-7-11-18(14-17)23-15-19(25)22-13-12-16-8-5-4-6-9-16/h7-8,10-11,14,23H,4-6,9,12-13,15H2,1-3H3,(H,22,25)(H,24,26). The Kier molecular flexibility index (Phi) is 7.25. The Morgan fingerprint density at radius 3 is 2.65 bits per heavy atom. The number of benzene rings is 1. The molecular weight excluding hydrogens is 326 g/mol. The van der Waals surface area contributed by atoms with Crippen molar-refractivity contribution in [1.82, 2.24) is 10.6 Å². The van der Waals surface area contributed by atoms with E-state index in [0.717, 1.165) is 18.5 Å². The third-order valence-corrected chi connectivity index (χ3v) is 4.22. The van der Waals surface area contributed by atoms with Gasteiger partial charge in [-0.25, -0.2) is 0 Å². The molecule has 3 N–H and O–H groups in total. The minimum Gasteiger partial charge on any atom is -0.376 e. The van der Waals surface area contributed by atoms with Crippen LogP contribution in [0.15, 0.2) is 35.9 Å². The van der Waals surface area contributed by atoms with Gasteiger partial charge in [0, 0.05) is 23.3 Å². The molecule has 0 bridgehead atoms. The third-order valence-electron chi connectivity index (χ3n) is 4.22. The van der Waals surface area contributed by atoms with Crippen LogP contribution in [0.4, 0.5) is 5.69 Å². The van der Waals surface area contributed by atoms with E-state index in [9.17, 15) is 9.59 Å². The Balaban J connectivity index is 1.76. The average Bonchev–Trinajstić information content (AvgIpc) is 2.60. The predicted octanol–water partition coefficient (Wildman–Crippen LogP) is 3.63. The van der Waals surface area contributed by atoms with Crippen LogP contribution in [0.25, 0.3) is 0 Å². The fourth-order valence-corrected chi connectivity index (χ4v) is 2.92. The van der Waals surface area contributed by atoms with Crippen molar-refractivity contribution in [2.75, 3.05) is 18.4 Å². The number of amides is 2. The highest BCUT2D eigenvalue weighted by molar-refractivity contribution is 5.95. The van der Waals surface area contributed by atoms with Crippen molar-refractivity contribution >= 4 is 17.5 Å². The van der Waals surface area contributed by atoms with Crippen LogP contribution in [0.3, 0.4) is 0 Å². The number of anilines is 1. The van der Waals surface area contributed by atoms with E-state index in [1.54, 1.807) is 12.1 Å². The Hall–Kier alpha value is -2.30. The van der Waals surface area contributed by atoms with Crippen LogP contribution < -0.4 is 16.0 Å². The summed E-state index contributed by atoms with van der Waals surface area (Å²) in [7, 11) is 0. The lowest BCUT2D eigenvalue weighted by molar-refractivity contribution is -0.119. The molecule has 0 saturated heterocycles. The van der Waals surface area contributed by atoms with Gasteiger partial charge in [0.2, 0.25) is 5.91 Å². The predicted molar refractivity (Wildman–Crippen MR) is 106 cm³/mol. The van der Waals surface area contributed by atoms with Crippen LogP contribution in [0.2, 0.25) is 0 Å². The van der Waals surface area contributed by atoms with Gasteiger partial charge in [0.15, 0.2) is 0 Å². The first-order valence-corrected chi connectivity index (χ1v) is 9.44. The minimum absolute atomic E-state index is 0.0362. The van der Waals surface area contributed by atoms with Crippen molar-refractivity contribution in [2.45, 2.75) is 58.4 Å². The fraction of sp³-hybridized carbons (Fsp3) is 0.524. The lowest BCUT2D eigenvalue weighted by Crippen LogP contribution is -2.40. The Bertz CT molecular complexity index is 659. The molecule has 26 heavy (non-hydrogen) atoms. The molecule has 0 aliphatic heterocycles. The molecule has 0 fully saturated rings. The average molecular weight is 357 g/mol. The zero-order chi connectivity index (χ0) is 19.0. The first kappa shape index (κ1) is 20.0. The molecule has 1 aromatic carbocycles. The van der Waals surface area contributed by atoms with Crippen LogP contribution in [0.1, 0.15) is 63.2 Å². The highest BCUT2D eigenvalue weighted by Gasteiger charge is 2.15. The summed E-state index contributed by atoms with van der Waals surface area (Å²) in [5.41, 5.74) is 2.52. The summed E-state index contributed by atoms with van der Waals surface area (Å²) in [5, 5.41) is 8.97. The Morgan fingerprint density at radius 2 is 1.96 bits per heavy atom. The number of nitrogens with one attached hydrogen (secondary N) is 3. The SMILES string of the molecule is CC(C)(C)NC(=O)c1cccc(NCC(=O)NCCC2=CCCCC2)c1. The molecule has 5 heteroatoms. The zero-order valence-corrected chi connectivity index (χ0v) is 16.2. The summed E-state index contributed by atoms with van der Waals surface area (Å²) in [5.74, 6) is -0.155. The number of rotatable bonds is 7. The van der Waals surface area contributed by atoms with Crippen LogP contribution in [0, 0.1) is 0 Å². The van der Waals surface area contributed by atoms with Gasteiger partial charge in [-0.1, -0.05) is 17.7 Å². The van der Waals surface area contributed by atoms with Gasteiger partial charge in [-0.3, -0.25) is 9.59 Å². The number of hydrogen-bond acceptors (Lipinski definition) is 3. The molecule has 5 nitrogen and oxygen atoms in total. The molecule has 0 spiro atoms. The fourth-order valence-electron chi connectivity index (χ4n) is 2.92. The molecule has 2 amide bonds. The Morgan fingerprint density at radius 1 is 1.15 bits per heavy atom. The van der Waals surface area contributed by atoms with Gasteiger partial charge in [0.1, 0.15) is 0 Å². The van der Waals surface area contributed by atoms with Crippen molar-refractivity contribution in [3.63, 3.8) is 0 Å². The largest absolute Gasteiger partial charge is 0.376 e. The smallest absolute Gasteiger partial charge is 0.251 e. The molecule has 2 rings (SSSR count). The van der Waals surface area contributed by atoms with Gasteiger partial charge in [-0.15, -0.1) is 0 Å². The monoisotopic (exact) mass is 357 g/mol. The molecule has 0 saturated carbocycles. The molecule has 0 aromatic heterocycles. The number of carbonyl (C=O) groups is 2. The molecule has 0 radical (unpaired) electrons. The van der Waals surface area contributed by atoms with Gasteiger partial charge < -0.3 is 16.0 Å². The molecule has 1 aliphatic rings. The lowest BCUT2D eigenvalue weighted by Gasteiger charge is -2.20. The summed E-state index contributed by atoms with van der Waals surface area (Å²) in [4.78, 5) is 24.2. The van der Waals surface area contributed by atoms with Crippen LogP contribution in [-0.2, 0) is 4.79 Å². The maximum absolute atomic E-state index is 12.2. The maximum Gasteiger partial charge on any atom is 0.251 e. The molecule has 0 unspecified atom stereocenters. The van der Waals surface area contributed by atoms with E-state index in [4.69, 9.17) is 0 Å². The molecular formula is C21H31N3O2. The quantitative estimate of drug-likeness (QED) is 0.653. The second-order valence-electron chi connectivity index (χ2n) is 7.85. The normalized spacial score (nSPS) is 14.3. The van der Waals surface area contributed by atoms with E-state index in [2.05, 4.69) is 22.0 Å². The van der Waals surface area contributed by atoms with E-state index in [0.29, 0.717) is 12.1 Å². The molecule has 1 aromatic rings. The van der Waals surface area contributed by atoms with Gasteiger partial charge in [-0.05, 0) is 71.1 Å². The second kappa shape index (κ2) is 9.41. The molecule has 0 heterocycles. The first-order chi connectivity index (χ1) is 12.3. The van der Waals surface area contributed by atoms with Crippen LogP contribution >= 0.6 is 0 Å². The Labute approximate surface area is 156 Å². The lowest BCUT2D eigenvalue weighted by atomic mass is 9.97.